The minimum Gasteiger partial charge on any atom is -0.381 e. The van der Waals surface area contributed by atoms with Crippen molar-refractivity contribution in [3.05, 3.63) is 34.6 Å². The first-order valence-corrected chi connectivity index (χ1v) is 10.8. The average molecular weight is 423 g/mol. The molecule has 10 heteroatoms. The van der Waals surface area contributed by atoms with Gasteiger partial charge in [0.25, 0.3) is 0 Å². The van der Waals surface area contributed by atoms with Gasteiger partial charge in [-0.1, -0.05) is 0 Å². The van der Waals surface area contributed by atoms with Crippen LogP contribution in [0.1, 0.15) is 36.6 Å². The predicted molar refractivity (Wildman–Crippen MR) is 115 cm³/mol. The molecule has 0 spiro atoms. The predicted octanol–water partition coefficient (Wildman–Crippen LogP) is 3.35. The Kier molecular flexibility index (Phi) is 4.10. The van der Waals surface area contributed by atoms with Crippen molar-refractivity contribution in [1.82, 2.24) is 33.7 Å². The molecule has 2 aliphatic rings. The fourth-order valence-electron chi connectivity index (χ4n) is 4.57. The summed E-state index contributed by atoms with van der Waals surface area (Å²) < 4.78 is 12.6. The fraction of sp³-hybridized carbons (Fsp3) is 0.450. The van der Waals surface area contributed by atoms with Crippen LogP contribution in [0.3, 0.4) is 0 Å². The molecule has 1 saturated heterocycles. The molecule has 0 radical (unpaired) electrons. The van der Waals surface area contributed by atoms with Crippen molar-refractivity contribution >= 4 is 40.7 Å². The molecule has 0 bridgehead atoms. The number of nitrogens with zero attached hydrogens (tertiary/aromatic N) is 7. The van der Waals surface area contributed by atoms with Gasteiger partial charge in [-0.2, -0.15) is 10.1 Å². The van der Waals surface area contributed by atoms with Crippen LogP contribution in [0.15, 0.2) is 18.6 Å². The van der Waals surface area contributed by atoms with E-state index in [-0.39, 0.29) is 0 Å². The highest BCUT2D eigenvalue weighted by Crippen LogP contribution is 2.32. The van der Waals surface area contributed by atoms with E-state index in [2.05, 4.69) is 24.5 Å². The van der Waals surface area contributed by atoms with Crippen LogP contribution in [-0.2, 0) is 17.7 Å². The highest BCUT2D eigenvalue weighted by Gasteiger charge is 2.26. The van der Waals surface area contributed by atoms with Gasteiger partial charge in [-0.15, -0.1) is 0 Å². The molecule has 0 aliphatic carbocycles. The number of aryl methyl sites for hydroxylation is 3. The summed E-state index contributed by atoms with van der Waals surface area (Å²) in [6.45, 7) is 4.49. The SMILES string of the molecule is Cc1cc2ncnn2cc1Nc1nc2c3c(n1)n(C1CCOCC1)c(=S)n3CCC2. The number of aromatic nitrogens is 7. The number of hydrogen-bond acceptors (Lipinski definition) is 7. The maximum atomic E-state index is 5.88. The number of fused-ring (bicyclic) bond motifs is 1. The molecule has 0 unspecified atom stereocenters. The third-order valence-corrected chi connectivity index (χ3v) is 6.51. The Labute approximate surface area is 177 Å². The number of anilines is 2. The van der Waals surface area contributed by atoms with Crippen LogP contribution in [0, 0.1) is 11.7 Å². The average Bonchev–Trinajstić information content (AvgIpc) is 3.32. The van der Waals surface area contributed by atoms with E-state index in [1.165, 1.54) is 0 Å². The molecule has 6 rings (SSSR count). The van der Waals surface area contributed by atoms with Crippen molar-refractivity contribution < 1.29 is 4.74 Å². The second kappa shape index (κ2) is 6.85. The maximum Gasteiger partial charge on any atom is 0.229 e. The lowest BCUT2D eigenvalue weighted by Gasteiger charge is -2.23. The summed E-state index contributed by atoms with van der Waals surface area (Å²) in [4.78, 5) is 14.1. The largest absolute Gasteiger partial charge is 0.381 e. The molecule has 154 valence electrons. The molecule has 0 atom stereocenters. The Balaban J connectivity index is 1.50. The lowest BCUT2D eigenvalue weighted by molar-refractivity contribution is 0.0699. The zero-order chi connectivity index (χ0) is 20.2. The number of nitrogens with one attached hydrogen (secondary N) is 1. The highest BCUT2D eigenvalue weighted by atomic mass is 32.1. The van der Waals surface area contributed by atoms with Crippen LogP contribution < -0.4 is 5.32 Å². The lowest BCUT2D eigenvalue weighted by Crippen LogP contribution is -2.20. The monoisotopic (exact) mass is 422 g/mol. The summed E-state index contributed by atoms with van der Waals surface area (Å²) >= 11 is 5.88. The molecular weight excluding hydrogens is 400 g/mol. The van der Waals surface area contributed by atoms with Crippen LogP contribution in [0.5, 0.6) is 0 Å². The van der Waals surface area contributed by atoms with Gasteiger partial charge in [-0.3, -0.25) is 4.57 Å². The summed E-state index contributed by atoms with van der Waals surface area (Å²) in [6, 6.07) is 2.31. The van der Waals surface area contributed by atoms with E-state index in [0.29, 0.717) is 12.0 Å². The number of imidazole rings is 1. The molecule has 0 amide bonds. The Morgan fingerprint density at radius 2 is 2.10 bits per heavy atom. The molecule has 2 aliphatic heterocycles. The van der Waals surface area contributed by atoms with Crippen molar-refractivity contribution in [1.29, 1.82) is 0 Å². The standard InChI is InChI=1S/C20H22N8OS/c1-12-9-16-21-11-22-27(16)10-15(12)24-19-23-14-3-2-6-26-17(14)18(25-19)28(20(26)30)13-4-7-29-8-5-13/h9-11,13H,2-8H2,1H3,(H,23,24,25). The van der Waals surface area contributed by atoms with E-state index in [1.54, 1.807) is 10.8 Å². The van der Waals surface area contributed by atoms with Gasteiger partial charge >= 0.3 is 0 Å². The third kappa shape index (κ3) is 2.74. The molecule has 0 aromatic carbocycles. The molecule has 0 saturated carbocycles. The fourth-order valence-corrected chi connectivity index (χ4v) is 4.99. The minimum absolute atomic E-state index is 0.317. The molecule has 1 N–H and O–H groups in total. The lowest BCUT2D eigenvalue weighted by atomic mass is 10.1. The van der Waals surface area contributed by atoms with Gasteiger partial charge in [0, 0.05) is 25.8 Å². The maximum absolute atomic E-state index is 5.88. The van der Waals surface area contributed by atoms with Crippen molar-refractivity contribution in [3.8, 4) is 0 Å². The van der Waals surface area contributed by atoms with Crippen LogP contribution in [0.4, 0.5) is 11.6 Å². The molecule has 6 heterocycles. The normalized spacial score (nSPS) is 17.1. The Morgan fingerprint density at radius 3 is 2.97 bits per heavy atom. The van der Waals surface area contributed by atoms with Crippen molar-refractivity contribution in [3.63, 3.8) is 0 Å². The van der Waals surface area contributed by atoms with Crippen molar-refractivity contribution in [2.75, 3.05) is 18.5 Å². The Hall–Kier alpha value is -2.85. The van der Waals surface area contributed by atoms with Crippen LogP contribution in [0.2, 0.25) is 0 Å². The van der Waals surface area contributed by atoms with Crippen molar-refractivity contribution in [2.45, 2.75) is 45.2 Å². The van der Waals surface area contributed by atoms with E-state index in [9.17, 15) is 0 Å². The molecule has 9 nitrogen and oxygen atoms in total. The summed E-state index contributed by atoms with van der Waals surface area (Å²) in [5.74, 6) is 0.593. The first-order valence-electron chi connectivity index (χ1n) is 10.4. The summed E-state index contributed by atoms with van der Waals surface area (Å²) in [5, 5.41) is 7.65. The topological polar surface area (TPSA) is 87.1 Å². The summed E-state index contributed by atoms with van der Waals surface area (Å²) in [5.41, 5.74) is 5.86. The van der Waals surface area contributed by atoms with Gasteiger partial charge in [-0.05, 0) is 56.5 Å². The van der Waals surface area contributed by atoms with E-state index >= 15 is 0 Å². The molecule has 30 heavy (non-hydrogen) atoms. The number of pyridine rings is 1. The van der Waals surface area contributed by atoms with Crippen LogP contribution in [-0.4, -0.2) is 46.9 Å². The highest BCUT2D eigenvalue weighted by molar-refractivity contribution is 7.71. The van der Waals surface area contributed by atoms with E-state index < -0.39 is 0 Å². The zero-order valence-electron chi connectivity index (χ0n) is 16.7. The third-order valence-electron chi connectivity index (χ3n) is 6.09. The smallest absolute Gasteiger partial charge is 0.229 e. The van der Waals surface area contributed by atoms with Gasteiger partial charge < -0.3 is 14.6 Å². The quantitative estimate of drug-likeness (QED) is 0.507. The van der Waals surface area contributed by atoms with Gasteiger partial charge in [0.15, 0.2) is 16.1 Å². The first kappa shape index (κ1) is 18.0. The molecule has 1 fully saturated rings. The van der Waals surface area contributed by atoms with Gasteiger partial charge in [-0.25, -0.2) is 14.5 Å². The van der Waals surface area contributed by atoms with E-state index in [4.69, 9.17) is 26.9 Å². The van der Waals surface area contributed by atoms with Crippen molar-refractivity contribution in [2.24, 2.45) is 0 Å². The molecule has 4 aromatic rings. The second-order valence-electron chi connectivity index (χ2n) is 7.98. The Bertz CT molecular complexity index is 1330. The summed E-state index contributed by atoms with van der Waals surface area (Å²) in [7, 11) is 0. The first-order chi connectivity index (χ1) is 14.7. The van der Waals surface area contributed by atoms with Gasteiger partial charge in [0.05, 0.1) is 17.6 Å². The number of rotatable bonds is 3. The van der Waals surface area contributed by atoms with E-state index in [1.807, 2.05) is 19.2 Å². The Morgan fingerprint density at radius 1 is 1.23 bits per heavy atom. The number of ether oxygens (including phenoxy) is 1. The van der Waals surface area contributed by atoms with Crippen LogP contribution >= 0.6 is 12.2 Å². The molecular formula is C20H22N8OS. The van der Waals surface area contributed by atoms with Crippen LogP contribution in [0.25, 0.3) is 16.8 Å². The minimum atomic E-state index is 0.317. The van der Waals surface area contributed by atoms with Gasteiger partial charge in [0.2, 0.25) is 5.95 Å². The number of hydrogen-bond donors (Lipinski definition) is 1. The molecule has 4 aromatic heterocycles. The van der Waals surface area contributed by atoms with Gasteiger partial charge in [0.1, 0.15) is 11.8 Å². The summed E-state index contributed by atoms with van der Waals surface area (Å²) in [6.07, 6.45) is 7.36. The zero-order valence-corrected chi connectivity index (χ0v) is 17.5. The van der Waals surface area contributed by atoms with E-state index in [0.717, 1.165) is 84.0 Å². The second-order valence-corrected chi connectivity index (χ2v) is 8.34.